The van der Waals surface area contributed by atoms with Gasteiger partial charge >= 0.3 is 17.1 Å². The summed E-state index contributed by atoms with van der Waals surface area (Å²) >= 11 is -3.11. The Morgan fingerprint density at radius 2 is 1.33 bits per heavy atom. The van der Waals surface area contributed by atoms with E-state index in [2.05, 4.69) is 0 Å². The Morgan fingerprint density at radius 1 is 1.33 bits per heavy atom. The van der Waals surface area contributed by atoms with Crippen LogP contribution in [0.15, 0.2) is 0 Å². The van der Waals surface area contributed by atoms with Gasteiger partial charge in [0.1, 0.15) is 0 Å². The molecular formula is CuO3SZn. The summed E-state index contributed by atoms with van der Waals surface area (Å²) in [6.45, 7) is 0. The summed E-state index contributed by atoms with van der Waals surface area (Å²) in [7, 11) is 0. The fourth-order valence-corrected chi connectivity index (χ4v) is 0. The first-order valence-corrected chi connectivity index (χ1v) is 1.50. The maximum atomic E-state index is 8.44. The Kier molecular flexibility index (Phi) is 24.9. The van der Waals surface area contributed by atoms with Gasteiger partial charge in [-0.05, 0) is 0 Å². The van der Waals surface area contributed by atoms with E-state index in [4.69, 9.17) is 13.3 Å². The quantitative estimate of drug-likeness (QED) is 0.379. The van der Waals surface area contributed by atoms with Gasteiger partial charge in [0.25, 0.3) is 0 Å². The van der Waals surface area contributed by atoms with Crippen LogP contribution in [0, 0.1) is 0 Å². The zero-order valence-corrected chi connectivity index (χ0v) is 7.37. The van der Waals surface area contributed by atoms with Crippen molar-refractivity contribution in [2.24, 2.45) is 0 Å². The Balaban J connectivity index is -0.0000000450. The van der Waals surface area contributed by atoms with Crippen LogP contribution in [0.25, 0.3) is 0 Å². The standard InChI is InChI=1S/Cu.H2O3S.Zn/c;1-4(2)3;/h;(H2,1,2,3);/q+2;;/p-2. The van der Waals surface area contributed by atoms with E-state index in [0.29, 0.717) is 0 Å². The second-order valence-electron chi connectivity index (χ2n) is 0.204. The van der Waals surface area contributed by atoms with Gasteiger partial charge < -0.3 is 9.11 Å². The first-order valence-electron chi connectivity index (χ1n) is 0.500. The summed E-state index contributed by atoms with van der Waals surface area (Å²) in [4.78, 5) is 0. The van der Waals surface area contributed by atoms with E-state index in [-0.39, 0.29) is 36.5 Å². The molecule has 6 heavy (non-hydrogen) atoms. The van der Waals surface area contributed by atoms with Crippen molar-refractivity contribution in [3.05, 3.63) is 0 Å². The second-order valence-corrected chi connectivity index (χ2v) is 0.612. The van der Waals surface area contributed by atoms with Crippen LogP contribution in [-0.2, 0) is 47.9 Å². The molecule has 0 aliphatic rings. The van der Waals surface area contributed by atoms with E-state index >= 15 is 0 Å². The molecule has 0 aromatic rings. The van der Waals surface area contributed by atoms with Gasteiger partial charge in [-0.25, -0.2) is 0 Å². The summed E-state index contributed by atoms with van der Waals surface area (Å²) in [6, 6.07) is 0. The minimum atomic E-state index is -3.11. The number of rotatable bonds is 0. The van der Waals surface area contributed by atoms with E-state index in [1.165, 1.54) is 0 Å². The molecule has 0 atom stereocenters. The molecule has 0 rings (SSSR count). The van der Waals surface area contributed by atoms with Gasteiger partial charge in [-0.1, -0.05) is 0 Å². The molecule has 0 aliphatic carbocycles. The molecule has 0 N–H and O–H groups in total. The van der Waals surface area contributed by atoms with E-state index in [1.807, 2.05) is 0 Å². The van der Waals surface area contributed by atoms with Crippen LogP contribution in [0.5, 0.6) is 0 Å². The molecule has 0 saturated heterocycles. The summed E-state index contributed by atoms with van der Waals surface area (Å²) in [6.07, 6.45) is 0. The van der Waals surface area contributed by atoms with Crippen molar-refractivity contribution in [2.75, 3.05) is 0 Å². The third-order valence-electron chi connectivity index (χ3n) is 0. The third kappa shape index (κ3) is 62.9. The molecule has 0 bridgehead atoms. The van der Waals surface area contributed by atoms with Crippen LogP contribution >= 0.6 is 0 Å². The summed E-state index contributed by atoms with van der Waals surface area (Å²) in [5.41, 5.74) is 0. The van der Waals surface area contributed by atoms with Gasteiger partial charge in [0.05, 0.1) is 0 Å². The Hall–Kier alpha value is 1.21. The molecule has 0 spiro atoms. The van der Waals surface area contributed by atoms with Crippen molar-refractivity contribution in [2.45, 2.75) is 0 Å². The summed E-state index contributed by atoms with van der Waals surface area (Å²) < 4.78 is 25.3. The minimum absolute atomic E-state index is 0. The topological polar surface area (TPSA) is 63.2 Å². The molecule has 1 radical (unpaired) electrons. The maximum Gasteiger partial charge on any atom is 2.00 e. The molecule has 3 nitrogen and oxygen atoms in total. The monoisotopic (exact) mass is 207 g/mol. The fraction of sp³-hybridized carbons (Fsp3) is 0. The average Bonchev–Trinajstić information content (AvgIpc) is 0.811. The van der Waals surface area contributed by atoms with E-state index in [1.54, 1.807) is 0 Å². The van der Waals surface area contributed by atoms with Crippen molar-refractivity contribution < 1.29 is 49.9 Å². The van der Waals surface area contributed by atoms with E-state index in [9.17, 15) is 0 Å². The number of hydrogen-bond donors (Lipinski definition) is 0. The minimum Gasteiger partial charge on any atom is -0.784 e. The summed E-state index contributed by atoms with van der Waals surface area (Å²) in [5, 5.41) is 0. The Morgan fingerprint density at radius 3 is 1.33 bits per heavy atom. The van der Waals surface area contributed by atoms with Gasteiger partial charge in [0, 0.05) is 19.5 Å². The van der Waals surface area contributed by atoms with Crippen LogP contribution in [0.4, 0.5) is 0 Å². The van der Waals surface area contributed by atoms with Gasteiger partial charge in [-0.2, -0.15) is 0 Å². The molecule has 0 aromatic heterocycles. The van der Waals surface area contributed by atoms with Gasteiger partial charge in [-0.3, -0.25) is 4.21 Å². The summed E-state index contributed by atoms with van der Waals surface area (Å²) in [5.74, 6) is 0. The van der Waals surface area contributed by atoms with Crippen molar-refractivity contribution in [3.63, 3.8) is 0 Å². The smallest absolute Gasteiger partial charge is 0.784 e. The van der Waals surface area contributed by atoms with Gasteiger partial charge in [0.15, 0.2) is 0 Å². The molecule has 0 amide bonds. The van der Waals surface area contributed by atoms with Gasteiger partial charge in [-0.15, -0.1) is 11.4 Å². The average molecular weight is 209 g/mol. The van der Waals surface area contributed by atoms with Crippen molar-refractivity contribution in [1.82, 2.24) is 0 Å². The third-order valence-corrected chi connectivity index (χ3v) is 0. The van der Waals surface area contributed by atoms with Crippen molar-refractivity contribution >= 4 is 11.4 Å². The molecule has 37 valence electrons. The largest absolute Gasteiger partial charge is 2.00 e. The molecule has 6 heteroatoms. The first kappa shape index (κ1) is 15.7. The predicted molar refractivity (Wildman–Crippen MR) is 9.70 cm³/mol. The van der Waals surface area contributed by atoms with Crippen LogP contribution in [-0.4, -0.2) is 13.3 Å². The van der Waals surface area contributed by atoms with Crippen LogP contribution in [0.1, 0.15) is 0 Å². The van der Waals surface area contributed by atoms with Crippen LogP contribution in [0.3, 0.4) is 0 Å². The molecule has 0 fully saturated rings. The van der Waals surface area contributed by atoms with E-state index < -0.39 is 11.4 Å². The first-order chi connectivity index (χ1) is 1.73. The zero-order chi connectivity index (χ0) is 3.58. The number of hydrogen-bond acceptors (Lipinski definition) is 3. The molecule has 0 saturated carbocycles. The zero-order valence-electron chi connectivity index (χ0n) is 2.64. The Labute approximate surface area is 61.2 Å². The molecule has 0 heterocycles. The second kappa shape index (κ2) is 9.51. The molecule has 0 unspecified atom stereocenters. The van der Waals surface area contributed by atoms with Crippen LogP contribution in [0.2, 0.25) is 0 Å². The Bertz CT molecular complexity index is 33.8. The predicted octanol–water partition coefficient (Wildman–Crippen LogP) is -1.01. The van der Waals surface area contributed by atoms with Crippen molar-refractivity contribution in [3.8, 4) is 0 Å². The maximum absolute atomic E-state index is 8.44. The molecule has 0 aromatic carbocycles. The van der Waals surface area contributed by atoms with Gasteiger partial charge in [0.2, 0.25) is 0 Å². The van der Waals surface area contributed by atoms with Crippen molar-refractivity contribution in [1.29, 1.82) is 0 Å². The van der Waals surface area contributed by atoms with Crippen LogP contribution < -0.4 is 0 Å². The molecule has 0 aliphatic heterocycles. The normalized spacial score (nSPS) is 5.83. The molecular weight excluding hydrogens is 209 g/mol. The van der Waals surface area contributed by atoms with E-state index in [0.717, 1.165) is 0 Å². The SMILES string of the molecule is O=S([O-])[O-].[Cu+2].[Zn]. The fourth-order valence-electron chi connectivity index (χ4n) is 0.